The third kappa shape index (κ3) is 3.14. The molecule has 0 radical (unpaired) electrons. The molecule has 5 rings (SSSR count). The lowest BCUT2D eigenvalue weighted by Crippen LogP contribution is -2.21. The first-order chi connectivity index (χ1) is 12.7. The third-order valence-electron chi connectivity index (χ3n) is 4.81. The number of β-amino-alcohol motifs (C(OH)–C–C–N with tert-alkyl or cyclic N) is 1. The highest BCUT2D eigenvalue weighted by atomic mass is 32.2. The zero-order valence-electron chi connectivity index (χ0n) is 14.2. The minimum atomic E-state index is -0.179. The van der Waals surface area contributed by atoms with E-state index in [1.54, 1.807) is 23.1 Å². The lowest BCUT2D eigenvalue weighted by atomic mass is 10.1. The minimum absolute atomic E-state index is 0.179. The quantitative estimate of drug-likeness (QED) is 0.544. The van der Waals surface area contributed by atoms with E-state index in [0.29, 0.717) is 0 Å². The zero-order valence-corrected chi connectivity index (χ0v) is 15.8. The normalized spacial score (nSPS) is 19.0. The number of nitrogens with zero attached hydrogens (tertiary/aromatic N) is 2. The Morgan fingerprint density at radius 1 is 1.15 bits per heavy atom. The number of aromatic nitrogens is 1. The van der Waals surface area contributed by atoms with Crippen LogP contribution in [0, 0.1) is 0 Å². The Bertz CT molecular complexity index is 956. The van der Waals surface area contributed by atoms with Crippen LogP contribution in [0.5, 0.6) is 0 Å². The van der Waals surface area contributed by atoms with Gasteiger partial charge in [0.2, 0.25) is 0 Å². The summed E-state index contributed by atoms with van der Waals surface area (Å²) in [5.41, 5.74) is 4.47. The summed E-state index contributed by atoms with van der Waals surface area (Å²) in [6, 6.07) is 14.9. The molecule has 4 nitrogen and oxygen atoms in total. The number of likely N-dealkylation sites (tertiary alicyclic amines) is 1. The highest BCUT2D eigenvalue weighted by Crippen LogP contribution is 2.45. The van der Waals surface area contributed by atoms with Gasteiger partial charge in [-0.15, -0.1) is 11.3 Å². The average molecular weight is 382 g/mol. The molecule has 1 aromatic heterocycles. The average Bonchev–Trinajstić information content (AvgIpc) is 3.29. The Morgan fingerprint density at radius 3 is 2.92 bits per heavy atom. The number of para-hydroxylation sites is 1. The molecular formula is C20H19N3OS2. The van der Waals surface area contributed by atoms with Gasteiger partial charge in [-0.05, 0) is 30.7 Å². The molecule has 1 saturated heterocycles. The molecule has 2 aliphatic heterocycles. The van der Waals surface area contributed by atoms with Gasteiger partial charge in [0.15, 0.2) is 0 Å². The summed E-state index contributed by atoms with van der Waals surface area (Å²) in [4.78, 5) is 9.60. The Kier molecular flexibility index (Phi) is 4.21. The maximum absolute atomic E-state index is 9.68. The highest BCUT2D eigenvalue weighted by Gasteiger charge is 2.21. The molecule has 0 unspecified atom stereocenters. The van der Waals surface area contributed by atoms with Gasteiger partial charge in [0.25, 0.3) is 0 Å². The summed E-state index contributed by atoms with van der Waals surface area (Å²) in [5.74, 6) is 0. The minimum Gasteiger partial charge on any atom is -0.392 e. The maximum Gasteiger partial charge on any atom is 0.107 e. The fourth-order valence-corrected chi connectivity index (χ4v) is 5.27. The van der Waals surface area contributed by atoms with E-state index < -0.39 is 0 Å². The zero-order chi connectivity index (χ0) is 17.5. The second kappa shape index (κ2) is 6.70. The molecule has 2 N–H and O–H groups in total. The van der Waals surface area contributed by atoms with Crippen LogP contribution < -0.4 is 5.32 Å². The van der Waals surface area contributed by atoms with E-state index in [1.807, 2.05) is 0 Å². The monoisotopic (exact) mass is 381 g/mol. The Balaban J connectivity index is 1.37. The van der Waals surface area contributed by atoms with Crippen molar-refractivity contribution in [3.05, 3.63) is 52.9 Å². The van der Waals surface area contributed by atoms with Gasteiger partial charge in [0.1, 0.15) is 5.01 Å². The Labute approximate surface area is 160 Å². The van der Waals surface area contributed by atoms with Crippen LogP contribution in [-0.2, 0) is 6.54 Å². The van der Waals surface area contributed by atoms with Crippen molar-refractivity contribution in [2.24, 2.45) is 0 Å². The predicted octanol–water partition coefficient (Wildman–Crippen LogP) is 4.58. The SMILES string of the molecule is O[C@H]1CCN(Cc2nc(-c3ccc4c(c3)Nc3ccccc3S4)cs2)C1. The molecule has 0 saturated carbocycles. The molecule has 0 bridgehead atoms. The summed E-state index contributed by atoms with van der Waals surface area (Å²) in [6.07, 6.45) is 0.690. The summed E-state index contributed by atoms with van der Waals surface area (Å²) in [7, 11) is 0. The fraction of sp³-hybridized carbons (Fsp3) is 0.250. The van der Waals surface area contributed by atoms with Crippen molar-refractivity contribution >= 4 is 34.5 Å². The van der Waals surface area contributed by atoms with Crippen molar-refractivity contribution in [3.8, 4) is 11.3 Å². The number of hydrogen-bond acceptors (Lipinski definition) is 6. The van der Waals surface area contributed by atoms with E-state index in [4.69, 9.17) is 4.98 Å². The number of nitrogens with one attached hydrogen (secondary N) is 1. The van der Waals surface area contributed by atoms with Crippen molar-refractivity contribution in [3.63, 3.8) is 0 Å². The number of aliphatic hydroxyl groups excluding tert-OH is 1. The number of anilines is 2. The second-order valence-electron chi connectivity index (χ2n) is 6.74. The van der Waals surface area contributed by atoms with Crippen LogP contribution in [0.3, 0.4) is 0 Å². The van der Waals surface area contributed by atoms with E-state index in [2.05, 4.69) is 58.1 Å². The van der Waals surface area contributed by atoms with Gasteiger partial charge >= 0.3 is 0 Å². The van der Waals surface area contributed by atoms with Crippen LogP contribution in [0.15, 0.2) is 57.6 Å². The van der Waals surface area contributed by atoms with E-state index >= 15 is 0 Å². The summed E-state index contributed by atoms with van der Waals surface area (Å²) in [6.45, 7) is 2.54. The van der Waals surface area contributed by atoms with Crippen molar-refractivity contribution in [1.29, 1.82) is 0 Å². The largest absolute Gasteiger partial charge is 0.392 e. The van der Waals surface area contributed by atoms with Crippen molar-refractivity contribution in [1.82, 2.24) is 9.88 Å². The topological polar surface area (TPSA) is 48.4 Å². The van der Waals surface area contributed by atoms with Crippen LogP contribution >= 0.6 is 23.1 Å². The van der Waals surface area contributed by atoms with Gasteiger partial charge in [-0.1, -0.05) is 30.0 Å². The van der Waals surface area contributed by atoms with Crippen LogP contribution in [0.1, 0.15) is 11.4 Å². The number of benzene rings is 2. The highest BCUT2D eigenvalue weighted by molar-refractivity contribution is 7.99. The first-order valence-corrected chi connectivity index (χ1v) is 10.5. The van der Waals surface area contributed by atoms with Crippen molar-refractivity contribution in [2.45, 2.75) is 28.9 Å². The number of hydrogen-bond donors (Lipinski definition) is 2. The molecule has 26 heavy (non-hydrogen) atoms. The molecule has 6 heteroatoms. The number of rotatable bonds is 3. The second-order valence-corrected chi connectivity index (χ2v) is 8.76. The standard InChI is InChI=1S/C20H19N3OS2/c24-14-7-8-23(10-14)11-20-22-17(12-25-20)13-5-6-19-16(9-13)21-15-3-1-2-4-18(15)26-19/h1-6,9,12,14,21,24H,7-8,10-11H2/t14-/m0/s1. The first-order valence-electron chi connectivity index (χ1n) is 8.78. The van der Waals surface area contributed by atoms with Gasteiger partial charge in [-0.2, -0.15) is 0 Å². The summed E-state index contributed by atoms with van der Waals surface area (Å²) in [5, 5.41) is 16.5. The number of aliphatic hydroxyl groups is 1. The predicted molar refractivity (Wildman–Crippen MR) is 107 cm³/mol. The Morgan fingerprint density at radius 2 is 2.04 bits per heavy atom. The molecular weight excluding hydrogens is 362 g/mol. The molecule has 0 spiro atoms. The lowest BCUT2D eigenvalue weighted by molar-refractivity contribution is 0.175. The van der Waals surface area contributed by atoms with E-state index in [1.165, 1.54) is 9.79 Å². The van der Waals surface area contributed by atoms with Crippen LogP contribution in [-0.4, -0.2) is 34.2 Å². The van der Waals surface area contributed by atoms with Gasteiger partial charge in [0, 0.05) is 33.8 Å². The molecule has 3 heterocycles. The summed E-state index contributed by atoms with van der Waals surface area (Å²) < 4.78 is 0. The maximum atomic E-state index is 9.68. The van der Waals surface area contributed by atoms with Crippen molar-refractivity contribution in [2.75, 3.05) is 18.4 Å². The molecule has 2 aromatic carbocycles. The fourth-order valence-electron chi connectivity index (χ4n) is 3.46. The van der Waals surface area contributed by atoms with Crippen molar-refractivity contribution < 1.29 is 5.11 Å². The molecule has 2 aliphatic rings. The number of fused-ring (bicyclic) bond motifs is 2. The van der Waals surface area contributed by atoms with Gasteiger partial charge < -0.3 is 10.4 Å². The van der Waals surface area contributed by atoms with E-state index in [9.17, 15) is 5.11 Å². The summed E-state index contributed by atoms with van der Waals surface area (Å²) >= 11 is 3.50. The van der Waals surface area contributed by atoms with E-state index in [-0.39, 0.29) is 6.10 Å². The molecule has 0 aliphatic carbocycles. The Hall–Kier alpha value is -1.86. The van der Waals surface area contributed by atoms with Crippen LogP contribution in [0.2, 0.25) is 0 Å². The van der Waals surface area contributed by atoms with Gasteiger partial charge in [0.05, 0.1) is 29.7 Å². The van der Waals surface area contributed by atoms with Gasteiger partial charge in [-0.25, -0.2) is 4.98 Å². The molecule has 1 fully saturated rings. The lowest BCUT2D eigenvalue weighted by Gasteiger charge is -2.21. The molecule has 3 aromatic rings. The van der Waals surface area contributed by atoms with Crippen LogP contribution in [0.4, 0.5) is 11.4 Å². The number of thiazole rings is 1. The molecule has 1 atom stereocenters. The third-order valence-corrected chi connectivity index (χ3v) is 6.80. The van der Waals surface area contributed by atoms with Gasteiger partial charge in [-0.3, -0.25) is 4.90 Å². The molecule has 0 amide bonds. The first kappa shape index (κ1) is 16.3. The van der Waals surface area contributed by atoms with Crippen LogP contribution in [0.25, 0.3) is 11.3 Å². The van der Waals surface area contributed by atoms with E-state index in [0.717, 1.165) is 53.7 Å². The smallest absolute Gasteiger partial charge is 0.107 e. The molecule has 132 valence electrons.